The summed E-state index contributed by atoms with van der Waals surface area (Å²) >= 11 is 0. The van der Waals surface area contributed by atoms with E-state index in [4.69, 9.17) is 14.2 Å². The Morgan fingerprint density at radius 1 is 0.875 bits per heavy atom. The number of benzene rings is 3. The van der Waals surface area contributed by atoms with Gasteiger partial charge >= 0.3 is 5.97 Å². The van der Waals surface area contributed by atoms with E-state index in [1.807, 2.05) is 36.4 Å². The highest BCUT2D eigenvalue weighted by molar-refractivity contribution is 5.98. The molecule has 0 spiro atoms. The molecule has 166 valence electrons. The molecule has 0 aromatic heterocycles. The number of ether oxygens (including phenoxy) is 3. The van der Waals surface area contributed by atoms with Crippen LogP contribution < -0.4 is 20.1 Å². The first-order chi connectivity index (χ1) is 15.4. The van der Waals surface area contributed by atoms with Crippen molar-refractivity contribution >= 4 is 34.2 Å². The van der Waals surface area contributed by atoms with Crippen LogP contribution in [-0.4, -0.2) is 44.7 Å². The van der Waals surface area contributed by atoms with E-state index in [2.05, 4.69) is 10.6 Å². The van der Waals surface area contributed by atoms with E-state index in [1.54, 1.807) is 18.2 Å². The van der Waals surface area contributed by atoms with Crippen molar-refractivity contribution in [3.8, 4) is 11.5 Å². The highest BCUT2D eigenvalue weighted by Crippen LogP contribution is 2.27. The molecular formula is C24H24N2O6. The number of carbonyl (C=O) groups excluding carboxylic acids is 3. The summed E-state index contributed by atoms with van der Waals surface area (Å²) in [5.74, 6) is -0.826. The van der Waals surface area contributed by atoms with Crippen molar-refractivity contribution in [1.29, 1.82) is 0 Å². The van der Waals surface area contributed by atoms with Crippen molar-refractivity contribution < 1.29 is 28.6 Å². The Morgan fingerprint density at radius 3 is 2.31 bits per heavy atom. The topological polar surface area (TPSA) is 103 Å². The minimum absolute atomic E-state index is 0.289. The summed E-state index contributed by atoms with van der Waals surface area (Å²) in [5.41, 5.74) is 0.885. The van der Waals surface area contributed by atoms with Crippen LogP contribution in [0.5, 0.6) is 11.5 Å². The molecule has 2 amide bonds. The quantitative estimate of drug-likeness (QED) is 0.526. The van der Waals surface area contributed by atoms with Gasteiger partial charge in [-0.15, -0.1) is 0 Å². The molecule has 1 unspecified atom stereocenters. The highest BCUT2D eigenvalue weighted by atomic mass is 16.5. The number of methoxy groups -OCH3 is 2. The third-order valence-electron chi connectivity index (χ3n) is 4.73. The van der Waals surface area contributed by atoms with Crippen LogP contribution in [-0.2, 0) is 14.3 Å². The zero-order valence-electron chi connectivity index (χ0n) is 18.0. The van der Waals surface area contributed by atoms with Crippen LogP contribution in [0.4, 0.5) is 5.69 Å². The predicted octanol–water partition coefficient (Wildman–Crippen LogP) is 3.16. The molecule has 8 nitrogen and oxygen atoms in total. The maximum absolute atomic E-state index is 12.4. The Balaban J connectivity index is 1.51. The monoisotopic (exact) mass is 436 g/mol. The van der Waals surface area contributed by atoms with Gasteiger partial charge in [-0.05, 0) is 48.0 Å². The van der Waals surface area contributed by atoms with E-state index in [0.717, 1.165) is 10.8 Å². The van der Waals surface area contributed by atoms with Crippen LogP contribution in [0.1, 0.15) is 17.3 Å². The van der Waals surface area contributed by atoms with Gasteiger partial charge in [0.15, 0.2) is 17.6 Å². The average Bonchev–Trinajstić information content (AvgIpc) is 2.81. The lowest BCUT2D eigenvalue weighted by Crippen LogP contribution is -2.35. The van der Waals surface area contributed by atoms with Crippen LogP contribution in [0, 0.1) is 0 Å². The van der Waals surface area contributed by atoms with Crippen LogP contribution >= 0.6 is 0 Å². The first-order valence-electron chi connectivity index (χ1n) is 9.90. The second kappa shape index (κ2) is 10.3. The lowest BCUT2D eigenvalue weighted by molar-refractivity contribution is -0.152. The number of rotatable bonds is 8. The van der Waals surface area contributed by atoms with Gasteiger partial charge in [-0.25, -0.2) is 0 Å². The lowest BCUT2D eigenvalue weighted by Gasteiger charge is -2.14. The molecule has 3 aromatic rings. The van der Waals surface area contributed by atoms with Gasteiger partial charge in [0.05, 0.1) is 14.2 Å². The van der Waals surface area contributed by atoms with E-state index in [1.165, 1.54) is 27.2 Å². The molecule has 0 bridgehead atoms. The van der Waals surface area contributed by atoms with Gasteiger partial charge in [-0.3, -0.25) is 14.4 Å². The summed E-state index contributed by atoms with van der Waals surface area (Å²) < 4.78 is 15.4. The Hall–Kier alpha value is -4.07. The van der Waals surface area contributed by atoms with E-state index in [0.29, 0.717) is 17.2 Å². The number of amides is 2. The fraction of sp³-hybridized carbons (Fsp3) is 0.208. The minimum atomic E-state index is -1.04. The molecule has 1 atom stereocenters. The zero-order chi connectivity index (χ0) is 23.1. The summed E-state index contributed by atoms with van der Waals surface area (Å²) in [6.45, 7) is 1.07. The van der Waals surface area contributed by atoms with Crippen molar-refractivity contribution in [3.63, 3.8) is 0 Å². The Morgan fingerprint density at radius 2 is 1.59 bits per heavy atom. The fourth-order valence-corrected chi connectivity index (χ4v) is 3.04. The third kappa shape index (κ3) is 5.54. The molecule has 32 heavy (non-hydrogen) atoms. The summed E-state index contributed by atoms with van der Waals surface area (Å²) in [6.07, 6.45) is -1.04. The molecule has 2 N–H and O–H groups in total. The third-order valence-corrected chi connectivity index (χ3v) is 4.73. The van der Waals surface area contributed by atoms with Crippen LogP contribution in [0.15, 0.2) is 60.7 Å². The molecule has 0 aliphatic carbocycles. The Bertz CT molecular complexity index is 1140. The molecule has 0 aliphatic rings. The Kier molecular flexibility index (Phi) is 7.28. The van der Waals surface area contributed by atoms with Crippen LogP contribution in [0.2, 0.25) is 0 Å². The first-order valence-corrected chi connectivity index (χ1v) is 9.90. The van der Waals surface area contributed by atoms with Gasteiger partial charge in [0.1, 0.15) is 6.54 Å². The van der Waals surface area contributed by atoms with Crippen LogP contribution in [0.3, 0.4) is 0 Å². The number of fused-ring (bicyclic) bond motifs is 1. The highest BCUT2D eigenvalue weighted by Gasteiger charge is 2.19. The lowest BCUT2D eigenvalue weighted by atomic mass is 10.1. The molecule has 0 heterocycles. The SMILES string of the molecule is COc1ccc(C(=O)NCC(=O)OC(C)C(=O)Nc2ccc3ccccc3c2)cc1OC. The number of hydrogen-bond acceptors (Lipinski definition) is 6. The molecule has 3 rings (SSSR count). The molecule has 3 aromatic carbocycles. The average molecular weight is 436 g/mol. The van der Waals surface area contributed by atoms with E-state index in [-0.39, 0.29) is 12.1 Å². The molecule has 0 radical (unpaired) electrons. The molecule has 0 saturated carbocycles. The van der Waals surface area contributed by atoms with Gasteiger partial charge in [0, 0.05) is 11.3 Å². The minimum Gasteiger partial charge on any atom is -0.493 e. The van der Waals surface area contributed by atoms with Crippen molar-refractivity contribution in [1.82, 2.24) is 5.32 Å². The van der Waals surface area contributed by atoms with E-state index >= 15 is 0 Å². The molecule has 8 heteroatoms. The van der Waals surface area contributed by atoms with Gasteiger partial charge in [-0.1, -0.05) is 30.3 Å². The zero-order valence-corrected chi connectivity index (χ0v) is 18.0. The second-order valence-corrected chi connectivity index (χ2v) is 6.94. The maximum atomic E-state index is 12.4. The summed E-state index contributed by atoms with van der Waals surface area (Å²) in [7, 11) is 2.95. The first kappa shape index (κ1) is 22.6. The fourth-order valence-electron chi connectivity index (χ4n) is 3.04. The number of nitrogens with one attached hydrogen (secondary N) is 2. The molecule has 0 saturated heterocycles. The van der Waals surface area contributed by atoms with Crippen LogP contribution in [0.25, 0.3) is 10.8 Å². The number of esters is 1. The van der Waals surface area contributed by atoms with Crippen molar-refractivity contribution in [2.24, 2.45) is 0 Å². The second-order valence-electron chi connectivity index (χ2n) is 6.94. The summed E-state index contributed by atoms with van der Waals surface area (Å²) in [4.78, 5) is 36.7. The number of anilines is 1. The van der Waals surface area contributed by atoms with E-state index in [9.17, 15) is 14.4 Å². The molecular weight excluding hydrogens is 412 g/mol. The van der Waals surface area contributed by atoms with Crippen molar-refractivity contribution in [2.45, 2.75) is 13.0 Å². The summed E-state index contributed by atoms with van der Waals surface area (Å²) in [6, 6.07) is 17.9. The molecule has 0 fully saturated rings. The standard InChI is InChI=1S/C24H24N2O6/c1-15(23(28)26-19-10-8-16-6-4-5-7-17(16)12-19)32-22(27)14-25-24(29)18-9-11-20(30-2)21(13-18)31-3/h4-13,15H,14H2,1-3H3,(H,25,29)(H,26,28). The maximum Gasteiger partial charge on any atom is 0.326 e. The smallest absolute Gasteiger partial charge is 0.326 e. The van der Waals surface area contributed by atoms with Gasteiger partial charge < -0.3 is 24.8 Å². The number of carbonyl (C=O) groups is 3. The van der Waals surface area contributed by atoms with E-state index < -0.39 is 23.9 Å². The van der Waals surface area contributed by atoms with Gasteiger partial charge in [0.25, 0.3) is 11.8 Å². The van der Waals surface area contributed by atoms with Gasteiger partial charge in [-0.2, -0.15) is 0 Å². The molecule has 0 aliphatic heterocycles. The Labute approximate surface area is 185 Å². The van der Waals surface area contributed by atoms with Crippen molar-refractivity contribution in [3.05, 3.63) is 66.2 Å². The van der Waals surface area contributed by atoms with Crippen molar-refractivity contribution in [2.75, 3.05) is 26.1 Å². The van der Waals surface area contributed by atoms with Gasteiger partial charge in [0.2, 0.25) is 0 Å². The largest absolute Gasteiger partial charge is 0.493 e. The predicted molar refractivity (Wildman–Crippen MR) is 120 cm³/mol. The normalized spacial score (nSPS) is 11.3. The number of hydrogen-bond donors (Lipinski definition) is 2. The summed E-state index contributed by atoms with van der Waals surface area (Å²) in [5, 5.41) is 7.21.